The molecule has 0 aliphatic carbocycles. The van der Waals surface area contributed by atoms with Crippen molar-refractivity contribution in [3.8, 4) is 0 Å². The average Bonchev–Trinajstić information content (AvgIpc) is 3.31. The highest BCUT2D eigenvalue weighted by atomic mass is 35.5. The van der Waals surface area contributed by atoms with E-state index in [0.29, 0.717) is 29.2 Å². The van der Waals surface area contributed by atoms with E-state index in [9.17, 15) is 9.59 Å². The highest BCUT2D eigenvalue weighted by molar-refractivity contribution is 6.31. The third kappa shape index (κ3) is 4.95. The maximum Gasteiger partial charge on any atom is 0.341 e. The summed E-state index contributed by atoms with van der Waals surface area (Å²) in [7, 11) is 0. The number of carbonyl (C=O) groups excluding carboxylic acids is 2. The number of benzene rings is 2. The lowest BCUT2D eigenvalue weighted by Gasteiger charge is -2.30. The zero-order valence-corrected chi connectivity index (χ0v) is 19.5. The number of amides is 2. The number of carbonyl (C=O) groups is 2. The average molecular weight is 487 g/mol. The fraction of sp³-hybridized carbons (Fsp3) is 0.185. The molecular weight excluding hydrogens is 464 g/mol. The van der Waals surface area contributed by atoms with Crippen molar-refractivity contribution in [2.75, 3.05) is 0 Å². The summed E-state index contributed by atoms with van der Waals surface area (Å²) in [6, 6.07) is 19.6. The molecule has 1 aliphatic rings. The van der Waals surface area contributed by atoms with Gasteiger partial charge in [-0.1, -0.05) is 60.1 Å². The molecule has 5 rings (SSSR count). The minimum absolute atomic E-state index is 0.129. The molecule has 2 amide bonds. The van der Waals surface area contributed by atoms with Gasteiger partial charge in [0, 0.05) is 34.1 Å². The van der Waals surface area contributed by atoms with Gasteiger partial charge >= 0.3 is 12.0 Å². The van der Waals surface area contributed by atoms with Crippen LogP contribution in [0, 0.1) is 5.92 Å². The number of halogens is 1. The van der Waals surface area contributed by atoms with Crippen LogP contribution in [0.2, 0.25) is 5.02 Å². The van der Waals surface area contributed by atoms with Crippen molar-refractivity contribution in [1.29, 1.82) is 0 Å². The molecule has 176 valence electrons. The molecule has 4 aromatic rings. The number of hydrogen-bond donors (Lipinski definition) is 2. The van der Waals surface area contributed by atoms with E-state index in [1.807, 2.05) is 66.7 Å². The van der Waals surface area contributed by atoms with E-state index in [4.69, 9.17) is 16.3 Å². The van der Waals surface area contributed by atoms with Crippen LogP contribution in [0.3, 0.4) is 0 Å². The molecule has 0 bridgehead atoms. The van der Waals surface area contributed by atoms with Gasteiger partial charge in [-0.05, 0) is 42.2 Å². The number of aromatic nitrogens is 2. The molecule has 1 aliphatic heterocycles. The molecule has 2 N–H and O–H groups in total. The first-order chi connectivity index (χ1) is 17.1. The molecule has 7 nitrogen and oxygen atoms in total. The Morgan fingerprint density at radius 1 is 1.00 bits per heavy atom. The van der Waals surface area contributed by atoms with Gasteiger partial charge in [0.15, 0.2) is 0 Å². The van der Waals surface area contributed by atoms with Crippen molar-refractivity contribution in [1.82, 2.24) is 15.3 Å². The summed E-state index contributed by atoms with van der Waals surface area (Å²) in [5.41, 5.74) is 3.70. The maximum absolute atomic E-state index is 13.5. The van der Waals surface area contributed by atoms with Gasteiger partial charge in [-0.3, -0.25) is 4.79 Å². The highest BCUT2D eigenvalue weighted by Crippen LogP contribution is 2.34. The Labute approximate surface area is 207 Å². The van der Waals surface area contributed by atoms with Crippen LogP contribution in [0.15, 0.2) is 84.1 Å². The Hall–Kier alpha value is -3.97. The van der Waals surface area contributed by atoms with Gasteiger partial charge in [0.25, 0.3) is 0 Å². The van der Waals surface area contributed by atoms with Crippen molar-refractivity contribution >= 4 is 40.3 Å². The molecule has 2 atom stereocenters. The highest BCUT2D eigenvalue weighted by Gasteiger charge is 2.40. The van der Waals surface area contributed by atoms with Crippen molar-refractivity contribution in [2.24, 2.45) is 10.9 Å². The lowest BCUT2D eigenvalue weighted by atomic mass is 9.85. The van der Waals surface area contributed by atoms with E-state index in [0.717, 1.165) is 22.1 Å². The number of rotatable bonds is 7. The van der Waals surface area contributed by atoms with Crippen LogP contribution in [0.25, 0.3) is 11.0 Å². The predicted octanol–water partition coefficient (Wildman–Crippen LogP) is 5.41. The molecule has 0 saturated heterocycles. The number of pyridine rings is 1. The monoisotopic (exact) mass is 486 g/mol. The van der Waals surface area contributed by atoms with E-state index in [2.05, 4.69) is 20.3 Å². The third-order valence-corrected chi connectivity index (χ3v) is 6.49. The summed E-state index contributed by atoms with van der Waals surface area (Å²) >= 11 is 6.34. The summed E-state index contributed by atoms with van der Waals surface area (Å²) in [6.07, 6.45) is 4.39. The molecule has 35 heavy (non-hydrogen) atoms. The number of ether oxygens (including phenoxy) is 1. The minimum Gasteiger partial charge on any atom is -0.460 e. The van der Waals surface area contributed by atoms with Gasteiger partial charge in [0.2, 0.25) is 0 Å². The fourth-order valence-electron chi connectivity index (χ4n) is 4.40. The summed E-state index contributed by atoms with van der Waals surface area (Å²) in [5.74, 6) is -1.24. The second-order valence-corrected chi connectivity index (χ2v) is 8.74. The van der Waals surface area contributed by atoms with Crippen molar-refractivity contribution < 1.29 is 14.3 Å². The Kier molecular flexibility index (Phi) is 6.59. The summed E-state index contributed by atoms with van der Waals surface area (Å²) in [4.78, 5) is 37.8. The number of fused-ring (bicyclic) bond motifs is 1. The SMILES string of the molecule is O=C1N=C(CCc2ccccc2Cl)C(C(=O)OCc2ccccc2)C(c2c[nH]c3ncccc23)N1. The second-order valence-electron chi connectivity index (χ2n) is 8.34. The fourth-order valence-corrected chi connectivity index (χ4v) is 4.63. The zero-order valence-electron chi connectivity index (χ0n) is 18.8. The van der Waals surface area contributed by atoms with Crippen LogP contribution < -0.4 is 5.32 Å². The molecule has 8 heteroatoms. The Bertz CT molecular complexity index is 1400. The van der Waals surface area contributed by atoms with Gasteiger partial charge in [0.05, 0.1) is 6.04 Å². The number of aliphatic imine (C=N–C) groups is 1. The largest absolute Gasteiger partial charge is 0.460 e. The molecule has 3 heterocycles. The zero-order chi connectivity index (χ0) is 24.2. The van der Waals surface area contributed by atoms with Crippen LogP contribution in [-0.4, -0.2) is 27.7 Å². The first-order valence-corrected chi connectivity index (χ1v) is 11.7. The molecule has 2 aromatic carbocycles. The number of urea groups is 1. The quantitative estimate of drug-likeness (QED) is 0.341. The number of hydrogen-bond acceptors (Lipinski definition) is 4. The standard InChI is InChI=1S/C27H23ClN4O3/c28-21-11-5-4-9-18(21)12-13-22-23(26(33)35-16-17-7-2-1-3-8-17)24(32-27(34)31-22)20-15-30-25-19(20)10-6-14-29-25/h1-11,14-15,23-24H,12-13,16H2,(H,29,30)(H,32,34). The minimum atomic E-state index is -0.793. The first kappa shape index (κ1) is 22.8. The van der Waals surface area contributed by atoms with Gasteiger partial charge in [0.1, 0.15) is 18.2 Å². The Morgan fingerprint density at radius 3 is 2.63 bits per heavy atom. The van der Waals surface area contributed by atoms with Crippen molar-refractivity contribution in [2.45, 2.75) is 25.5 Å². The van der Waals surface area contributed by atoms with Crippen LogP contribution in [-0.2, 0) is 22.6 Å². The van der Waals surface area contributed by atoms with Crippen LogP contribution in [0.4, 0.5) is 4.79 Å². The van der Waals surface area contributed by atoms with Gasteiger partial charge in [-0.25, -0.2) is 14.8 Å². The van der Waals surface area contributed by atoms with Gasteiger partial charge < -0.3 is 15.0 Å². The van der Waals surface area contributed by atoms with Gasteiger partial charge in [-0.15, -0.1) is 0 Å². The smallest absolute Gasteiger partial charge is 0.341 e. The molecule has 0 saturated carbocycles. The number of nitrogens with one attached hydrogen (secondary N) is 2. The number of aromatic amines is 1. The molecule has 0 radical (unpaired) electrons. The van der Waals surface area contributed by atoms with E-state index in [-0.39, 0.29) is 6.61 Å². The van der Waals surface area contributed by atoms with Crippen molar-refractivity contribution in [3.05, 3.63) is 101 Å². The number of H-pyrrole nitrogens is 1. The number of aryl methyl sites for hydroxylation is 1. The van der Waals surface area contributed by atoms with Gasteiger partial charge in [-0.2, -0.15) is 0 Å². The number of esters is 1. The van der Waals surface area contributed by atoms with Crippen molar-refractivity contribution in [3.63, 3.8) is 0 Å². The van der Waals surface area contributed by atoms with E-state index >= 15 is 0 Å². The molecule has 2 aromatic heterocycles. The van der Waals surface area contributed by atoms with Crippen LogP contribution in [0.5, 0.6) is 0 Å². The Balaban J connectivity index is 1.47. The first-order valence-electron chi connectivity index (χ1n) is 11.3. The molecule has 0 fully saturated rings. The number of nitrogens with zero attached hydrogens (tertiary/aromatic N) is 2. The van der Waals surface area contributed by atoms with E-state index < -0.39 is 24.0 Å². The second kappa shape index (κ2) is 10.1. The summed E-state index contributed by atoms with van der Waals surface area (Å²) in [6.45, 7) is 0.129. The lowest BCUT2D eigenvalue weighted by Crippen LogP contribution is -2.45. The summed E-state index contributed by atoms with van der Waals surface area (Å²) < 4.78 is 5.73. The Morgan fingerprint density at radius 2 is 1.80 bits per heavy atom. The third-order valence-electron chi connectivity index (χ3n) is 6.12. The van der Waals surface area contributed by atoms with E-state index in [1.54, 1.807) is 12.4 Å². The molecular formula is C27H23ClN4O3. The molecule has 0 spiro atoms. The lowest BCUT2D eigenvalue weighted by molar-refractivity contribution is -0.148. The van der Waals surface area contributed by atoms with E-state index in [1.165, 1.54) is 0 Å². The maximum atomic E-state index is 13.5. The molecule has 2 unspecified atom stereocenters. The summed E-state index contributed by atoms with van der Waals surface area (Å²) in [5, 5.41) is 4.34. The predicted molar refractivity (Wildman–Crippen MR) is 134 cm³/mol. The normalized spacial score (nSPS) is 17.6. The van der Waals surface area contributed by atoms with Crippen LogP contribution in [0.1, 0.15) is 29.2 Å². The topological polar surface area (TPSA) is 96.4 Å². The van der Waals surface area contributed by atoms with Crippen LogP contribution >= 0.6 is 11.6 Å².